The van der Waals surface area contributed by atoms with Gasteiger partial charge in [0.15, 0.2) is 23.1 Å². The minimum Gasteiger partial charge on any atom is -0.491 e. The van der Waals surface area contributed by atoms with E-state index in [4.69, 9.17) is 14.2 Å². The molecule has 0 saturated heterocycles. The van der Waals surface area contributed by atoms with E-state index in [2.05, 4.69) is 0 Å². The van der Waals surface area contributed by atoms with Crippen molar-refractivity contribution in [1.82, 2.24) is 0 Å². The highest BCUT2D eigenvalue weighted by Gasteiger charge is 2.27. The number of benzene rings is 3. The van der Waals surface area contributed by atoms with Crippen LogP contribution >= 0.6 is 0 Å². The number of hydrogen-bond acceptors (Lipinski definition) is 4. The van der Waals surface area contributed by atoms with Crippen molar-refractivity contribution in [1.29, 1.82) is 0 Å². The number of esters is 1. The van der Waals surface area contributed by atoms with Crippen LogP contribution < -0.4 is 9.47 Å². The predicted octanol–water partition coefficient (Wildman–Crippen LogP) is 7.59. The van der Waals surface area contributed by atoms with Gasteiger partial charge in [-0.3, -0.25) is 0 Å². The van der Waals surface area contributed by atoms with Crippen molar-refractivity contribution in [2.45, 2.75) is 51.6 Å². The molecule has 8 heteroatoms. The van der Waals surface area contributed by atoms with Crippen molar-refractivity contribution in [3.05, 3.63) is 82.9 Å². The topological polar surface area (TPSA) is 44.8 Å². The molecule has 4 rings (SSSR count). The maximum absolute atomic E-state index is 14.9. The smallest absolute Gasteiger partial charge is 0.343 e. The van der Waals surface area contributed by atoms with Crippen LogP contribution in [0.25, 0.3) is 11.1 Å². The van der Waals surface area contributed by atoms with Gasteiger partial charge < -0.3 is 14.2 Å². The van der Waals surface area contributed by atoms with Crippen molar-refractivity contribution in [3.8, 4) is 22.6 Å². The second-order valence-corrected chi connectivity index (χ2v) is 8.85. The molecule has 196 valence electrons. The molecule has 0 aromatic heterocycles. The van der Waals surface area contributed by atoms with Gasteiger partial charge in [-0.25, -0.2) is 13.6 Å². The van der Waals surface area contributed by atoms with Gasteiger partial charge in [-0.2, -0.15) is 8.78 Å². The lowest BCUT2D eigenvalue weighted by molar-refractivity contribution is 0.0325. The lowest BCUT2D eigenvalue weighted by atomic mass is 9.82. The van der Waals surface area contributed by atoms with Gasteiger partial charge in [-0.05, 0) is 86.9 Å². The predicted molar refractivity (Wildman–Crippen MR) is 131 cm³/mol. The number of carbonyl (C=O) groups is 1. The molecule has 0 aliphatic heterocycles. The summed E-state index contributed by atoms with van der Waals surface area (Å²) in [5.74, 6) is -6.17. The molecule has 1 fully saturated rings. The third-order valence-corrected chi connectivity index (χ3v) is 6.57. The van der Waals surface area contributed by atoms with Gasteiger partial charge in [0.2, 0.25) is 11.6 Å². The van der Waals surface area contributed by atoms with Gasteiger partial charge in [0, 0.05) is 12.2 Å². The van der Waals surface area contributed by atoms with Crippen LogP contribution in [0, 0.1) is 23.3 Å². The van der Waals surface area contributed by atoms with Crippen LogP contribution in [-0.4, -0.2) is 25.3 Å². The Labute approximate surface area is 213 Å². The van der Waals surface area contributed by atoms with Gasteiger partial charge in [0.1, 0.15) is 0 Å². The van der Waals surface area contributed by atoms with Crippen molar-refractivity contribution < 1.29 is 36.6 Å². The molecule has 0 radical (unpaired) electrons. The Morgan fingerprint density at radius 3 is 2.05 bits per heavy atom. The second kappa shape index (κ2) is 11.8. The van der Waals surface area contributed by atoms with Crippen LogP contribution in [0.4, 0.5) is 17.6 Å². The maximum atomic E-state index is 14.9. The van der Waals surface area contributed by atoms with Crippen molar-refractivity contribution in [3.63, 3.8) is 0 Å². The summed E-state index contributed by atoms with van der Waals surface area (Å²) in [7, 11) is 0. The molecule has 4 nitrogen and oxygen atoms in total. The fraction of sp³-hybridized carbons (Fsp3) is 0.345. The molecule has 1 aliphatic carbocycles. The van der Waals surface area contributed by atoms with Crippen molar-refractivity contribution in [2.24, 2.45) is 0 Å². The Hall–Kier alpha value is -3.39. The first-order valence-electron chi connectivity index (χ1n) is 12.4. The lowest BCUT2D eigenvalue weighted by Gasteiger charge is -2.28. The van der Waals surface area contributed by atoms with Crippen molar-refractivity contribution >= 4 is 5.97 Å². The third-order valence-electron chi connectivity index (χ3n) is 6.57. The summed E-state index contributed by atoms with van der Waals surface area (Å²) in [6, 6.07) is 10.9. The Balaban J connectivity index is 1.46. The lowest BCUT2D eigenvalue weighted by Crippen LogP contribution is -2.21. The zero-order valence-corrected chi connectivity index (χ0v) is 20.7. The van der Waals surface area contributed by atoms with E-state index >= 15 is 0 Å². The SMILES string of the molecule is CCOc1ccc(-c2ccc(C(=O)Oc3ccc(C4CCC(OCC)CC4)c(F)c3F)cc2)c(F)c1F. The molecule has 0 spiro atoms. The minimum absolute atomic E-state index is 0.0140. The summed E-state index contributed by atoms with van der Waals surface area (Å²) in [5, 5.41) is 0. The van der Waals surface area contributed by atoms with E-state index in [0.29, 0.717) is 25.0 Å². The largest absolute Gasteiger partial charge is 0.491 e. The van der Waals surface area contributed by atoms with E-state index in [9.17, 15) is 22.4 Å². The first-order valence-corrected chi connectivity index (χ1v) is 12.4. The molecule has 1 aliphatic rings. The number of ether oxygens (including phenoxy) is 3. The highest BCUT2D eigenvalue weighted by atomic mass is 19.2. The van der Waals surface area contributed by atoms with E-state index in [1.54, 1.807) is 6.92 Å². The Morgan fingerprint density at radius 2 is 1.41 bits per heavy atom. The van der Waals surface area contributed by atoms with E-state index in [0.717, 1.165) is 12.8 Å². The average Bonchev–Trinajstić information content (AvgIpc) is 2.91. The quantitative estimate of drug-likeness (QED) is 0.176. The van der Waals surface area contributed by atoms with Crippen LogP contribution in [0.15, 0.2) is 48.5 Å². The molecule has 0 amide bonds. The zero-order chi connectivity index (χ0) is 26.5. The number of halogens is 4. The first-order chi connectivity index (χ1) is 17.8. The molecule has 3 aromatic rings. The van der Waals surface area contributed by atoms with E-state index in [1.807, 2.05) is 6.92 Å². The maximum Gasteiger partial charge on any atom is 0.343 e. The molecule has 0 unspecified atom stereocenters. The van der Waals surface area contributed by atoms with E-state index in [-0.39, 0.29) is 41.1 Å². The molecule has 0 N–H and O–H groups in total. The molecular weight excluding hydrogens is 488 g/mol. The van der Waals surface area contributed by atoms with Gasteiger partial charge in [-0.15, -0.1) is 0 Å². The zero-order valence-electron chi connectivity index (χ0n) is 20.7. The summed E-state index contributed by atoms with van der Waals surface area (Å²) in [6.07, 6.45) is 3.07. The number of carbonyl (C=O) groups excluding carboxylic acids is 1. The second-order valence-electron chi connectivity index (χ2n) is 8.85. The third kappa shape index (κ3) is 5.80. The summed E-state index contributed by atoms with van der Waals surface area (Å²) in [4.78, 5) is 12.6. The fourth-order valence-electron chi connectivity index (χ4n) is 4.68. The molecule has 1 saturated carbocycles. The van der Waals surface area contributed by atoms with Gasteiger partial charge >= 0.3 is 5.97 Å². The van der Waals surface area contributed by atoms with Crippen LogP contribution in [0.3, 0.4) is 0 Å². The fourth-order valence-corrected chi connectivity index (χ4v) is 4.68. The summed E-state index contributed by atoms with van der Waals surface area (Å²) in [6.45, 7) is 4.40. The molecule has 0 heterocycles. The molecular formula is C29H28F4O4. The minimum atomic E-state index is -1.22. The molecule has 0 bridgehead atoms. The standard InChI is InChI=1S/C29H28F4O4/c1-3-35-20-11-9-18(10-12-20)22-14-16-24(28(33)26(22)31)37-29(34)19-7-5-17(6-8-19)21-13-15-23(36-4-2)27(32)25(21)30/h5-8,13-16,18,20H,3-4,9-12H2,1-2H3. The van der Waals surface area contributed by atoms with Gasteiger partial charge in [-0.1, -0.05) is 18.2 Å². The summed E-state index contributed by atoms with van der Waals surface area (Å²) < 4.78 is 74.1. The van der Waals surface area contributed by atoms with Crippen LogP contribution in [0.2, 0.25) is 0 Å². The van der Waals surface area contributed by atoms with Crippen LogP contribution in [0.5, 0.6) is 11.5 Å². The first kappa shape index (κ1) is 26.7. The van der Waals surface area contributed by atoms with Gasteiger partial charge in [0.05, 0.1) is 18.3 Å². The van der Waals surface area contributed by atoms with Crippen LogP contribution in [-0.2, 0) is 4.74 Å². The number of rotatable bonds is 8. The average molecular weight is 517 g/mol. The Kier molecular flexibility index (Phi) is 8.48. The van der Waals surface area contributed by atoms with Gasteiger partial charge in [0.25, 0.3) is 0 Å². The van der Waals surface area contributed by atoms with E-state index < -0.39 is 35.0 Å². The molecule has 37 heavy (non-hydrogen) atoms. The van der Waals surface area contributed by atoms with Crippen LogP contribution in [0.1, 0.15) is 61.4 Å². The monoisotopic (exact) mass is 516 g/mol. The normalized spacial score (nSPS) is 17.5. The summed E-state index contributed by atoms with van der Waals surface area (Å²) >= 11 is 0. The van der Waals surface area contributed by atoms with E-state index in [1.165, 1.54) is 48.5 Å². The Bertz CT molecular complexity index is 1250. The highest BCUT2D eigenvalue weighted by Crippen LogP contribution is 2.37. The molecule has 3 aromatic carbocycles. The highest BCUT2D eigenvalue weighted by molar-refractivity contribution is 5.91. The number of hydrogen-bond donors (Lipinski definition) is 0. The molecule has 0 atom stereocenters. The Morgan fingerprint density at radius 1 is 0.757 bits per heavy atom. The van der Waals surface area contributed by atoms with Crippen molar-refractivity contribution in [2.75, 3.05) is 13.2 Å². The summed E-state index contributed by atoms with van der Waals surface area (Å²) in [5.41, 5.74) is 0.603.